The summed E-state index contributed by atoms with van der Waals surface area (Å²) in [6, 6.07) is 9.98. The maximum Gasteiger partial charge on any atom is 0.189 e. The lowest BCUT2D eigenvalue weighted by molar-refractivity contribution is 0.403. The number of nitrogens with zero attached hydrogens (tertiary/aromatic N) is 2. The highest BCUT2D eigenvalue weighted by Gasteiger charge is 2.07. The molecule has 0 saturated heterocycles. The van der Waals surface area contributed by atoms with E-state index in [-0.39, 0.29) is 0 Å². The first-order valence-corrected chi connectivity index (χ1v) is 4.95. The van der Waals surface area contributed by atoms with E-state index in [0.29, 0.717) is 0 Å². The zero-order valence-electron chi connectivity index (χ0n) is 10.0. The topological polar surface area (TPSA) is 31.9 Å². The molecule has 1 heterocycles. The van der Waals surface area contributed by atoms with Crippen LogP contribution in [-0.2, 0) is 6.54 Å². The minimum Gasteiger partial charge on any atom is -0.305 e. The molecular formula is C12H15N3. The molecule has 0 spiro atoms. The molecule has 15 heavy (non-hydrogen) atoms. The van der Waals surface area contributed by atoms with E-state index in [1.54, 1.807) is 6.20 Å². The smallest absolute Gasteiger partial charge is 0.189 e. The summed E-state index contributed by atoms with van der Waals surface area (Å²) in [5.74, 6) is 0. The molecule has 3 nitrogen and oxygen atoms in total. The molecule has 0 aliphatic rings. The number of H-pyrrole nitrogens is 1. The third-order valence-corrected chi connectivity index (χ3v) is 2.21. The Kier molecular flexibility index (Phi) is 2.47. The third-order valence-electron chi connectivity index (χ3n) is 2.21. The van der Waals surface area contributed by atoms with Crippen LogP contribution in [0.15, 0.2) is 36.5 Å². The van der Waals surface area contributed by atoms with Gasteiger partial charge in [-0.05, 0) is 14.1 Å². The molecule has 1 aromatic heterocycles. The van der Waals surface area contributed by atoms with Crippen LogP contribution in [0.25, 0.3) is 11.3 Å². The molecule has 0 saturated carbocycles. The molecular weight excluding hydrogens is 186 g/mol. The van der Waals surface area contributed by atoms with Gasteiger partial charge in [0.2, 0.25) is 0 Å². The Balaban J connectivity index is 2.40. The molecule has 78 valence electrons. The van der Waals surface area contributed by atoms with Gasteiger partial charge in [0.05, 0.1) is 5.69 Å². The van der Waals surface area contributed by atoms with Gasteiger partial charge in [-0.25, -0.2) is 0 Å². The van der Waals surface area contributed by atoms with Crippen LogP contribution in [0.4, 0.5) is 0 Å². The number of benzene rings is 1. The highest BCUT2D eigenvalue weighted by molar-refractivity contribution is 5.62. The van der Waals surface area contributed by atoms with Gasteiger partial charge in [-0.3, -0.25) is 5.09 Å². The highest BCUT2D eigenvalue weighted by atomic mass is 15.1. The molecule has 1 aromatic carbocycles. The molecule has 0 unspecified atom stereocenters. The third kappa shape index (κ3) is 2.25. The Labute approximate surface area is 91.2 Å². The first-order valence-electron chi connectivity index (χ1n) is 5.39. The van der Waals surface area contributed by atoms with Crippen molar-refractivity contribution >= 4 is 0 Å². The summed E-state index contributed by atoms with van der Waals surface area (Å²) in [6.07, 6.45) is 1.75. The van der Waals surface area contributed by atoms with Crippen LogP contribution < -0.4 is 0 Å². The summed E-state index contributed by atoms with van der Waals surface area (Å²) in [5, 5.41) is 5.32. The van der Waals surface area contributed by atoms with Crippen LogP contribution in [-0.4, -0.2) is 29.2 Å². The van der Waals surface area contributed by atoms with Gasteiger partial charge in [0.25, 0.3) is 0 Å². The van der Waals surface area contributed by atoms with Crippen LogP contribution in [0.5, 0.6) is 0 Å². The maximum atomic E-state index is 7.54. The van der Waals surface area contributed by atoms with E-state index in [2.05, 4.69) is 10.00 Å². The van der Waals surface area contributed by atoms with Crippen LogP contribution >= 0.6 is 0 Å². The van der Waals surface area contributed by atoms with Gasteiger partial charge in [0, 0.05) is 23.9 Å². The number of aromatic nitrogens is 2. The second-order valence-corrected chi connectivity index (χ2v) is 3.82. The zero-order valence-corrected chi connectivity index (χ0v) is 9.01. The average Bonchev–Trinajstić information content (AvgIpc) is 2.60. The van der Waals surface area contributed by atoms with E-state index in [9.17, 15) is 0 Å². The van der Waals surface area contributed by atoms with Crippen molar-refractivity contribution in [1.82, 2.24) is 15.1 Å². The van der Waals surface area contributed by atoms with Crippen molar-refractivity contribution in [2.24, 2.45) is 0 Å². The lowest BCUT2D eigenvalue weighted by Gasteiger charge is -2.09. The average molecular weight is 202 g/mol. The molecule has 0 bridgehead atoms. The van der Waals surface area contributed by atoms with Crippen LogP contribution in [0, 0.1) is 0 Å². The summed E-state index contributed by atoms with van der Waals surface area (Å²) < 4.78 is 7.54. The first kappa shape index (κ1) is 8.68. The van der Waals surface area contributed by atoms with Gasteiger partial charge >= 0.3 is 0 Å². The molecule has 3 heteroatoms. The number of aromatic amines is 1. The van der Waals surface area contributed by atoms with E-state index in [4.69, 9.17) is 1.41 Å². The summed E-state index contributed by atoms with van der Waals surface area (Å²) >= 11 is 0. The molecule has 0 amide bonds. The van der Waals surface area contributed by atoms with Gasteiger partial charge in [-0.2, -0.15) is 5.10 Å². The van der Waals surface area contributed by atoms with Crippen LogP contribution in [0.3, 0.4) is 0 Å². The van der Waals surface area contributed by atoms with Crippen molar-refractivity contribution in [2.75, 3.05) is 14.1 Å². The highest BCUT2D eigenvalue weighted by Crippen LogP contribution is 2.20. The van der Waals surface area contributed by atoms with Crippen LogP contribution in [0.1, 0.15) is 5.56 Å². The van der Waals surface area contributed by atoms with Crippen molar-refractivity contribution in [3.8, 4) is 11.3 Å². The largest absolute Gasteiger partial charge is 0.305 e. The molecule has 2 rings (SSSR count). The standard InChI is InChI=1S/C12H15N3/c1-15(2)9-11-8-13-14-12(11)10-6-4-3-5-7-10/h3-8H,9H2,1-2H3,(H,13,14)/i/hD. The number of hydrogen-bond acceptors (Lipinski definition) is 2. The Morgan fingerprint density at radius 3 is 2.73 bits per heavy atom. The fourth-order valence-electron chi connectivity index (χ4n) is 1.58. The van der Waals surface area contributed by atoms with E-state index < -0.39 is 0 Å². The second-order valence-electron chi connectivity index (χ2n) is 3.82. The van der Waals surface area contributed by atoms with Crippen molar-refractivity contribution in [3.05, 3.63) is 42.1 Å². The molecule has 0 fully saturated rings. The Morgan fingerprint density at radius 1 is 1.33 bits per heavy atom. The van der Waals surface area contributed by atoms with E-state index in [1.165, 1.54) is 0 Å². The van der Waals surface area contributed by atoms with Crippen molar-refractivity contribution in [1.29, 1.82) is 0 Å². The van der Waals surface area contributed by atoms with Crippen molar-refractivity contribution in [2.45, 2.75) is 6.54 Å². The normalized spacial score (nSPS) is 11.8. The first-order chi connectivity index (χ1) is 7.66. The fraction of sp³-hybridized carbons (Fsp3) is 0.250. The lowest BCUT2D eigenvalue weighted by atomic mass is 10.1. The maximum absolute atomic E-state index is 7.54. The minimum atomic E-state index is 0.795. The molecule has 0 atom stereocenters. The monoisotopic (exact) mass is 202 g/mol. The Morgan fingerprint density at radius 2 is 2.07 bits per heavy atom. The van der Waals surface area contributed by atoms with E-state index in [0.717, 1.165) is 28.5 Å². The second kappa shape index (κ2) is 4.28. The summed E-state index contributed by atoms with van der Waals surface area (Å²) in [6.45, 7) is 0.795. The molecule has 0 aliphatic heterocycles. The van der Waals surface area contributed by atoms with E-state index in [1.807, 2.05) is 44.4 Å². The molecule has 1 N–H and O–H groups in total. The van der Waals surface area contributed by atoms with Crippen LogP contribution in [0.2, 0.25) is 1.41 Å². The molecule has 0 aliphatic carbocycles. The number of hydrogen-bond donors (Lipinski definition) is 1. The summed E-state index contributed by atoms with van der Waals surface area (Å²) in [4.78, 5) is 2.07. The minimum absolute atomic E-state index is 0.795. The van der Waals surface area contributed by atoms with Gasteiger partial charge in [-0.15, -0.1) is 0 Å². The number of nitrogens with one attached hydrogen (secondary N) is 1. The Bertz CT molecular complexity index is 462. The van der Waals surface area contributed by atoms with Gasteiger partial charge < -0.3 is 4.90 Å². The lowest BCUT2D eigenvalue weighted by Crippen LogP contribution is -2.10. The quantitative estimate of drug-likeness (QED) is 0.827. The van der Waals surface area contributed by atoms with Gasteiger partial charge in [0.1, 0.15) is 0 Å². The van der Waals surface area contributed by atoms with E-state index >= 15 is 0 Å². The predicted molar refractivity (Wildman–Crippen MR) is 61.4 cm³/mol. The van der Waals surface area contributed by atoms with Crippen molar-refractivity contribution in [3.63, 3.8) is 0 Å². The van der Waals surface area contributed by atoms with Gasteiger partial charge in [0.15, 0.2) is 1.41 Å². The SMILES string of the molecule is [2H]n1cc(CN(C)C)c(-c2ccccc2)n1. The number of rotatable bonds is 3. The summed E-state index contributed by atoms with van der Waals surface area (Å²) in [7, 11) is 4.02. The fourth-order valence-corrected chi connectivity index (χ4v) is 1.58. The van der Waals surface area contributed by atoms with Gasteiger partial charge in [-0.1, -0.05) is 30.3 Å². The summed E-state index contributed by atoms with van der Waals surface area (Å²) in [5.41, 5.74) is 3.03. The molecule has 0 radical (unpaired) electrons. The molecule has 2 aromatic rings. The Hall–Kier alpha value is -1.61. The predicted octanol–water partition coefficient (Wildman–Crippen LogP) is 2.14. The van der Waals surface area contributed by atoms with Crippen molar-refractivity contribution < 1.29 is 1.41 Å². The zero-order chi connectivity index (χ0) is 11.5.